The zero-order valence-electron chi connectivity index (χ0n) is 13.5. The lowest BCUT2D eigenvalue weighted by atomic mass is 9.93. The lowest BCUT2D eigenvalue weighted by Gasteiger charge is -2.26. The molecule has 0 rings (SSSR count). The Hall–Kier alpha value is -0.810. The van der Waals surface area contributed by atoms with Crippen LogP contribution in [0.1, 0.15) is 27.7 Å². The maximum absolute atomic E-state index is 5.31. The van der Waals surface area contributed by atoms with Crippen molar-refractivity contribution in [3.05, 3.63) is 0 Å². The molecule has 5 heteroatoms. The molecule has 0 bridgehead atoms. The molecule has 0 aromatic heterocycles. The van der Waals surface area contributed by atoms with Gasteiger partial charge in [-0.05, 0) is 33.4 Å². The van der Waals surface area contributed by atoms with Gasteiger partial charge >= 0.3 is 0 Å². The molecular formula is C14H32N4O. The molecule has 0 atom stereocenters. The lowest BCUT2D eigenvalue weighted by molar-refractivity contribution is 0.152. The summed E-state index contributed by atoms with van der Waals surface area (Å²) in [5.41, 5.74) is 0.172. The van der Waals surface area contributed by atoms with E-state index in [4.69, 9.17) is 4.74 Å². The van der Waals surface area contributed by atoms with Gasteiger partial charge in [0.1, 0.15) is 0 Å². The fourth-order valence-electron chi connectivity index (χ4n) is 1.93. The van der Waals surface area contributed by atoms with Crippen LogP contribution in [0.4, 0.5) is 0 Å². The highest BCUT2D eigenvalue weighted by Gasteiger charge is 2.18. The van der Waals surface area contributed by atoms with Crippen LogP contribution in [0.2, 0.25) is 0 Å². The molecule has 19 heavy (non-hydrogen) atoms. The second-order valence-corrected chi connectivity index (χ2v) is 5.72. The van der Waals surface area contributed by atoms with Gasteiger partial charge in [-0.3, -0.25) is 4.99 Å². The van der Waals surface area contributed by atoms with Crippen molar-refractivity contribution in [2.75, 3.05) is 53.5 Å². The Labute approximate surface area is 118 Å². The van der Waals surface area contributed by atoms with Gasteiger partial charge in [0.05, 0.1) is 6.61 Å². The van der Waals surface area contributed by atoms with Gasteiger partial charge in [0.25, 0.3) is 0 Å². The molecule has 0 saturated heterocycles. The number of ether oxygens (including phenoxy) is 1. The van der Waals surface area contributed by atoms with Gasteiger partial charge < -0.3 is 20.3 Å². The molecule has 0 unspecified atom stereocenters. The quantitative estimate of drug-likeness (QED) is 0.376. The summed E-state index contributed by atoms with van der Waals surface area (Å²) in [6.07, 6.45) is 0. The zero-order chi connectivity index (χ0) is 14.7. The predicted molar refractivity (Wildman–Crippen MR) is 82.8 cm³/mol. The molecule has 0 aliphatic carbocycles. The summed E-state index contributed by atoms with van der Waals surface area (Å²) >= 11 is 0. The summed E-state index contributed by atoms with van der Waals surface area (Å²) in [7, 11) is 4.19. The van der Waals surface area contributed by atoms with E-state index in [1.807, 2.05) is 6.92 Å². The first-order chi connectivity index (χ1) is 8.91. The van der Waals surface area contributed by atoms with Gasteiger partial charge in [-0.25, -0.2) is 0 Å². The lowest BCUT2D eigenvalue weighted by Crippen LogP contribution is -2.40. The van der Waals surface area contributed by atoms with E-state index in [9.17, 15) is 0 Å². The van der Waals surface area contributed by atoms with E-state index in [1.165, 1.54) is 0 Å². The molecule has 0 heterocycles. The van der Waals surface area contributed by atoms with Crippen LogP contribution < -0.4 is 10.6 Å². The molecule has 5 nitrogen and oxygen atoms in total. The average molecular weight is 272 g/mol. The minimum atomic E-state index is 0.172. The molecule has 0 saturated carbocycles. The minimum Gasteiger partial charge on any atom is -0.380 e. The van der Waals surface area contributed by atoms with E-state index in [1.54, 1.807) is 0 Å². The van der Waals surface area contributed by atoms with E-state index in [2.05, 4.69) is 55.4 Å². The van der Waals surface area contributed by atoms with E-state index in [-0.39, 0.29) is 5.41 Å². The van der Waals surface area contributed by atoms with Crippen molar-refractivity contribution in [3.63, 3.8) is 0 Å². The van der Waals surface area contributed by atoms with E-state index < -0.39 is 0 Å². The second kappa shape index (κ2) is 10.0. The Morgan fingerprint density at radius 2 is 1.89 bits per heavy atom. The van der Waals surface area contributed by atoms with E-state index in [0.717, 1.165) is 38.7 Å². The van der Waals surface area contributed by atoms with Gasteiger partial charge in [-0.2, -0.15) is 0 Å². The number of aliphatic imine (C=N–C) groups is 1. The molecule has 0 amide bonds. The third-order valence-corrected chi connectivity index (χ3v) is 2.50. The maximum atomic E-state index is 5.31. The van der Waals surface area contributed by atoms with E-state index in [0.29, 0.717) is 6.61 Å². The summed E-state index contributed by atoms with van der Waals surface area (Å²) in [4.78, 5) is 6.85. The van der Waals surface area contributed by atoms with Crippen LogP contribution >= 0.6 is 0 Å². The average Bonchev–Trinajstić information content (AvgIpc) is 2.30. The van der Waals surface area contributed by atoms with E-state index >= 15 is 0 Å². The van der Waals surface area contributed by atoms with Crippen LogP contribution in [-0.2, 0) is 4.74 Å². The summed E-state index contributed by atoms with van der Waals surface area (Å²) in [5, 5.41) is 6.54. The van der Waals surface area contributed by atoms with Crippen molar-refractivity contribution in [3.8, 4) is 0 Å². The van der Waals surface area contributed by atoms with Crippen LogP contribution in [-0.4, -0.2) is 64.3 Å². The number of rotatable bonds is 9. The van der Waals surface area contributed by atoms with Crippen molar-refractivity contribution in [1.29, 1.82) is 0 Å². The number of guanidine groups is 1. The SMILES string of the molecule is CCNC(=NCC(C)(C)CN(C)C)NCCOCC. The van der Waals surface area contributed by atoms with Crippen molar-refractivity contribution in [2.45, 2.75) is 27.7 Å². The van der Waals surface area contributed by atoms with Gasteiger partial charge in [0.2, 0.25) is 0 Å². The van der Waals surface area contributed by atoms with Crippen LogP contribution in [0.3, 0.4) is 0 Å². The van der Waals surface area contributed by atoms with Gasteiger partial charge in [-0.1, -0.05) is 13.8 Å². The van der Waals surface area contributed by atoms with Crippen molar-refractivity contribution >= 4 is 5.96 Å². The summed E-state index contributed by atoms with van der Waals surface area (Å²) in [6, 6.07) is 0. The fraction of sp³-hybridized carbons (Fsp3) is 0.929. The highest BCUT2D eigenvalue weighted by Crippen LogP contribution is 2.15. The minimum absolute atomic E-state index is 0.172. The van der Waals surface area contributed by atoms with Gasteiger partial charge in [0, 0.05) is 32.8 Å². The largest absolute Gasteiger partial charge is 0.380 e. The third kappa shape index (κ3) is 10.8. The first-order valence-corrected chi connectivity index (χ1v) is 7.16. The Balaban J connectivity index is 4.23. The maximum Gasteiger partial charge on any atom is 0.191 e. The normalized spacial score (nSPS) is 12.9. The van der Waals surface area contributed by atoms with Crippen LogP contribution in [0.5, 0.6) is 0 Å². The third-order valence-electron chi connectivity index (χ3n) is 2.50. The molecular weight excluding hydrogens is 240 g/mol. The van der Waals surface area contributed by atoms with Crippen molar-refractivity contribution in [1.82, 2.24) is 15.5 Å². The Morgan fingerprint density at radius 1 is 1.21 bits per heavy atom. The van der Waals surface area contributed by atoms with Gasteiger partial charge in [0.15, 0.2) is 5.96 Å². The second-order valence-electron chi connectivity index (χ2n) is 5.72. The van der Waals surface area contributed by atoms with Gasteiger partial charge in [-0.15, -0.1) is 0 Å². The van der Waals surface area contributed by atoms with Crippen LogP contribution in [0.15, 0.2) is 4.99 Å². The first kappa shape index (κ1) is 18.2. The van der Waals surface area contributed by atoms with Crippen molar-refractivity contribution in [2.24, 2.45) is 10.4 Å². The predicted octanol–water partition coefficient (Wildman–Crippen LogP) is 1.17. The number of hydrogen-bond donors (Lipinski definition) is 2. The fourth-order valence-corrected chi connectivity index (χ4v) is 1.93. The standard InChI is InChI=1S/C14H32N4O/c1-7-15-13(16-9-10-19-8-2)17-11-14(3,4)12-18(5)6/h7-12H2,1-6H3,(H2,15,16,17). The summed E-state index contributed by atoms with van der Waals surface area (Å²) < 4.78 is 5.31. The molecule has 0 radical (unpaired) electrons. The van der Waals surface area contributed by atoms with Crippen LogP contribution in [0.25, 0.3) is 0 Å². The number of nitrogens with one attached hydrogen (secondary N) is 2. The Morgan fingerprint density at radius 3 is 2.42 bits per heavy atom. The highest BCUT2D eigenvalue weighted by molar-refractivity contribution is 5.79. The topological polar surface area (TPSA) is 48.9 Å². The Kier molecular flexibility index (Phi) is 9.61. The van der Waals surface area contributed by atoms with Crippen LogP contribution in [0, 0.1) is 5.41 Å². The molecule has 0 spiro atoms. The summed E-state index contributed by atoms with van der Waals surface area (Å²) in [6.45, 7) is 13.5. The molecule has 0 aliphatic heterocycles. The first-order valence-electron chi connectivity index (χ1n) is 7.16. The molecule has 0 fully saturated rings. The highest BCUT2D eigenvalue weighted by atomic mass is 16.5. The van der Waals surface area contributed by atoms with Crippen molar-refractivity contribution < 1.29 is 4.74 Å². The molecule has 0 aliphatic rings. The molecule has 114 valence electrons. The molecule has 0 aromatic carbocycles. The zero-order valence-corrected chi connectivity index (χ0v) is 13.5. The summed E-state index contributed by atoms with van der Waals surface area (Å²) in [5.74, 6) is 0.869. The molecule has 0 aromatic rings. The monoisotopic (exact) mass is 272 g/mol. The smallest absolute Gasteiger partial charge is 0.191 e. The number of hydrogen-bond acceptors (Lipinski definition) is 3. The Bertz CT molecular complexity index is 252. The molecule has 2 N–H and O–H groups in total. The number of nitrogens with zero attached hydrogens (tertiary/aromatic N) is 2.